The molecule has 0 radical (unpaired) electrons. The van der Waals surface area contributed by atoms with Crippen LogP contribution < -0.4 is 10.6 Å². The molecule has 0 amide bonds. The number of aliphatic imine (C=N–C) groups is 1. The Bertz CT molecular complexity index is 681. The van der Waals surface area contributed by atoms with Crippen LogP contribution in [0.2, 0.25) is 0 Å². The zero-order valence-corrected chi connectivity index (χ0v) is 13.2. The Kier molecular flexibility index (Phi) is 3.24. The van der Waals surface area contributed by atoms with Gasteiger partial charge in [0.2, 0.25) is 0 Å². The normalized spacial score (nSPS) is 29.1. The first-order valence-corrected chi connectivity index (χ1v) is 9.16. The lowest BCUT2D eigenvalue weighted by Gasteiger charge is -2.40. The van der Waals surface area contributed by atoms with Gasteiger partial charge >= 0.3 is 0 Å². The van der Waals surface area contributed by atoms with E-state index in [-0.39, 0.29) is 0 Å². The van der Waals surface area contributed by atoms with Crippen molar-refractivity contribution in [3.8, 4) is 0 Å². The van der Waals surface area contributed by atoms with Crippen LogP contribution in [0.5, 0.6) is 0 Å². The summed E-state index contributed by atoms with van der Waals surface area (Å²) in [5.41, 5.74) is 7.67. The molecule has 1 saturated carbocycles. The molecule has 2 atom stereocenters. The highest BCUT2D eigenvalue weighted by molar-refractivity contribution is 7.91. The minimum absolute atomic E-state index is 0.406. The number of aryl methyl sites for hydroxylation is 1. The number of hydrogen-bond acceptors (Lipinski definition) is 5. The molecule has 1 aliphatic heterocycles. The second kappa shape index (κ2) is 4.73. The molecule has 6 heteroatoms. The van der Waals surface area contributed by atoms with Gasteiger partial charge in [0, 0.05) is 11.9 Å². The topological polar surface area (TPSA) is 75.8 Å². The number of nitrogens with two attached hydrogens (primary N) is 1. The monoisotopic (exact) mass is 307 g/mol. The van der Waals surface area contributed by atoms with E-state index in [0.29, 0.717) is 18.9 Å². The molecule has 1 aromatic rings. The fourth-order valence-corrected chi connectivity index (χ4v) is 5.43. The second-order valence-corrected chi connectivity index (χ2v) is 8.39. The summed E-state index contributed by atoms with van der Waals surface area (Å²) in [6, 6.07) is 8.00. The number of sulfone groups is 1. The van der Waals surface area contributed by atoms with Crippen LogP contribution in [-0.2, 0) is 9.84 Å². The largest absolute Gasteiger partial charge is 0.369 e. The third-order valence-electron chi connectivity index (χ3n) is 4.67. The molecule has 2 N–H and O–H groups in total. The quantitative estimate of drug-likeness (QED) is 0.897. The average Bonchev–Trinajstić information content (AvgIpc) is 2.97. The maximum absolute atomic E-state index is 12.2. The van der Waals surface area contributed by atoms with Crippen LogP contribution >= 0.6 is 0 Å². The number of guanidine groups is 1. The lowest BCUT2D eigenvalue weighted by atomic mass is 9.95. The smallest absolute Gasteiger partial charge is 0.196 e. The SMILES string of the molecule is Cc1ccc(N2C(N)=NCC23CCCC3S(C)(=O)=O)cc1. The molecule has 5 nitrogen and oxygen atoms in total. The van der Waals surface area contributed by atoms with E-state index in [1.807, 2.05) is 36.1 Å². The predicted molar refractivity (Wildman–Crippen MR) is 85.4 cm³/mol. The molecule has 0 bridgehead atoms. The Morgan fingerprint density at radius 1 is 1.33 bits per heavy atom. The van der Waals surface area contributed by atoms with Gasteiger partial charge in [-0.3, -0.25) is 4.99 Å². The summed E-state index contributed by atoms with van der Waals surface area (Å²) >= 11 is 0. The van der Waals surface area contributed by atoms with E-state index in [4.69, 9.17) is 5.73 Å². The van der Waals surface area contributed by atoms with Crippen LogP contribution in [0.15, 0.2) is 29.3 Å². The fourth-order valence-electron chi connectivity index (χ4n) is 3.74. The van der Waals surface area contributed by atoms with Crippen LogP contribution in [0.4, 0.5) is 5.69 Å². The van der Waals surface area contributed by atoms with Gasteiger partial charge < -0.3 is 10.6 Å². The number of rotatable bonds is 2. The van der Waals surface area contributed by atoms with Crippen LogP contribution in [0.1, 0.15) is 24.8 Å². The summed E-state index contributed by atoms with van der Waals surface area (Å²) in [4.78, 5) is 6.32. The number of benzene rings is 1. The summed E-state index contributed by atoms with van der Waals surface area (Å²) in [5.74, 6) is 0.425. The van der Waals surface area contributed by atoms with E-state index in [1.54, 1.807) is 0 Å². The molecule has 1 fully saturated rings. The summed E-state index contributed by atoms with van der Waals surface area (Å²) in [6.07, 6.45) is 3.71. The third-order valence-corrected chi connectivity index (χ3v) is 6.38. The van der Waals surface area contributed by atoms with E-state index in [1.165, 1.54) is 6.26 Å². The highest BCUT2D eigenvalue weighted by Gasteiger charge is 2.55. The Morgan fingerprint density at radius 3 is 2.62 bits per heavy atom. The standard InChI is InChI=1S/C15H21N3O2S/c1-11-5-7-12(8-6-11)18-14(16)17-10-15(18)9-3-4-13(15)21(2,19)20/h5-8,13H,3-4,9-10H2,1-2H3,(H2,16,17). The van der Waals surface area contributed by atoms with Gasteiger partial charge in [-0.1, -0.05) is 17.7 Å². The van der Waals surface area contributed by atoms with Crippen molar-refractivity contribution in [2.75, 3.05) is 17.7 Å². The minimum Gasteiger partial charge on any atom is -0.369 e. The average molecular weight is 307 g/mol. The summed E-state index contributed by atoms with van der Waals surface area (Å²) < 4.78 is 24.4. The van der Waals surface area contributed by atoms with Gasteiger partial charge in [0.25, 0.3) is 0 Å². The van der Waals surface area contributed by atoms with Crippen molar-refractivity contribution in [1.82, 2.24) is 0 Å². The molecule has 0 aromatic heterocycles. The van der Waals surface area contributed by atoms with Gasteiger partial charge in [-0.15, -0.1) is 0 Å². The lowest BCUT2D eigenvalue weighted by molar-refractivity contribution is 0.462. The highest BCUT2D eigenvalue weighted by atomic mass is 32.2. The number of anilines is 1. The zero-order valence-electron chi connectivity index (χ0n) is 12.4. The molecule has 0 saturated heterocycles. The van der Waals surface area contributed by atoms with Crippen molar-refractivity contribution >= 4 is 21.5 Å². The molecule has 1 heterocycles. The van der Waals surface area contributed by atoms with Gasteiger partial charge in [-0.05, 0) is 38.3 Å². The Balaban J connectivity index is 2.08. The van der Waals surface area contributed by atoms with E-state index >= 15 is 0 Å². The van der Waals surface area contributed by atoms with Crippen molar-refractivity contribution in [2.24, 2.45) is 10.7 Å². The molecule has 21 heavy (non-hydrogen) atoms. The fraction of sp³-hybridized carbons (Fsp3) is 0.533. The van der Waals surface area contributed by atoms with Crippen molar-refractivity contribution in [3.05, 3.63) is 29.8 Å². The maximum Gasteiger partial charge on any atom is 0.196 e. The Morgan fingerprint density at radius 2 is 2.00 bits per heavy atom. The molecular formula is C15H21N3O2S. The second-order valence-electron chi connectivity index (χ2n) is 6.16. The zero-order chi connectivity index (χ0) is 15.3. The molecule has 2 aliphatic rings. The highest BCUT2D eigenvalue weighted by Crippen LogP contribution is 2.44. The molecular weight excluding hydrogens is 286 g/mol. The maximum atomic E-state index is 12.2. The van der Waals surface area contributed by atoms with Crippen LogP contribution in [0.25, 0.3) is 0 Å². The molecule has 1 aliphatic carbocycles. The predicted octanol–water partition coefficient (Wildman–Crippen LogP) is 1.47. The van der Waals surface area contributed by atoms with E-state index < -0.39 is 20.6 Å². The van der Waals surface area contributed by atoms with Crippen LogP contribution in [0.3, 0.4) is 0 Å². The van der Waals surface area contributed by atoms with Crippen LogP contribution in [0, 0.1) is 6.92 Å². The summed E-state index contributed by atoms with van der Waals surface area (Å²) in [7, 11) is -3.14. The molecule has 3 rings (SSSR count). The Hall–Kier alpha value is -1.56. The van der Waals surface area contributed by atoms with Gasteiger partial charge in [0.1, 0.15) is 0 Å². The molecule has 1 spiro atoms. The molecule has 114 valence electrons. The van der Waals surface area contributed by atoms with Gasteiger partial charge in [-0.2, -0.15) is 0 Å². The van der Waals surface area contributed by atoms with Gasteiger partial charge in [0.05, 0.1) is 17.3 Å². The Labute approximate surface area is 125 Å². The molecule has 2 unspecified atom stereocenters. The first-order chi connectivity index (χ1) is 9.84. The van der Waals surface area contributed by atoms with E-state index in [2.05, 4.69) is 4.99 Å². The van der Waals surface area contributed by atoms with E-state index in [9.17, 15) is 8.42 Å². The first-order valence-electron chi connectivity index (χ1n) is 7.20. The van der Waals surface area contributed by atoms with E-state index in [0.717, 1.165) is 24.1 Å². The number of hydrogen-bond donors (Lipinski definition) is 1. The van der Waals surface area contributed by atoms with Crippen molar-refractivity contribution < 1.29 is 8.42 Å². The first kappa shape index (κ1) is 14.4. The lowest BCUT2D eigenvalue weighted by Crippen LogP contribution is -2.58. The van der Waals surface area contributed by atoms with Crippen molar-refractivity contribution in [3.63, 3.8) is 0 Å². The van der Waals surface area contributed by atoms with Crippen LogP contribution in [-0.4, -0.2) is 38.0 Å². The third kappa shape index (κ3) is 2.21. The number of nitrogens with zero attached hydrogens (tertiary/aromatic N) is 2. The van der Waals surface area contributed by atoms with Crippen molar-refractivity contribution in [1.29, 1.82) is 0 Å². The van der Waals surface area contributed by atoms with Gasteiger partial charge in [-0.25, -0.2) is 8.42 Å². The summed E-state index contributed by atoms with van der Waals surface area (Å²) in [6.45, 7) is 2.49. The van der Waals surface area contributed by atoms with Crippen molar-refractivity contribution in [2.45, 2.75) is 37.0 Å². The van der Waals surface area contributed by atoms with Gasteiger partial charge in [0.15, 0.2) is 15.8 Å². The minimum atomic E-state index is -3.14. The molecule has 1 aromatic carbocycles. The summed E-state index contributed by atoms with van der Waals surface area (Å²) in [5, 5.41) is -0.406.